The van der Waals surface area contributed by atoms with Crippen LogP contribution in [-0.4, -0.2) is 12.5 Å². The van der Waals surface area contributed by atoms with Crippen molar-refractivity contribution < 1.29 is 9.18 Å². The first kappa shape index (κ1) is 13.5. The third kappa shape index (κ3) is 4.85. The largest absolute Gasteiger partial charge is 0.399 e. The lowest BCUT2D eigenvalue weighted by Crippen LogP contribution is -2.24. The molecule has 0 aliphatic heterocycles. The summed E-state index contributed by atoms with van der Waals surface area (Å²) >= 11 is 0. The van der Waals surface area contributed by atoms with Crippen molar-refractivity contribution in [2.24, 2.45) is 5.92 Å². The molecule has 3 nitrogen and oxygen atoms in total. The molecule has 4 heteroatoms. The number of benzene rings is 1. The number of nitrogens with one attached hydrogen (secondary N) is 1. The minimum atomic E-state index is -0.489. The van der Waals surface area contributed by atoms with Crippen LogP contribution in [0.3, 0.4) is 0 Å². The normalized spacial score (nSPS) is 10.6. The van der Waals surface area contributed by atoms with Gasteiger partial charge < -0.3 is 11.1 Å². The Balaban J connectivity index is 2.47. The molecule has 17 heavy (non-hydrogen) atoms. The smallest absolute Gasteiger partial charge is 0.251 e. The molecule has 0 fully saturated rings. The first-order valence-electron chi connectivity index (χ1n) is 5.83. The van der Waals surface area contributed by atoms with Crippen molar-refractivity contribution >= 4 is 11.6 Å². The number of rotatable bonds is 5. The SMILES string of the molecule is CC(C)CCCNC(=O)c1cc(N)cc(F)c1. The summed E-state index contributed by atoms with van der Waals surface area (Å²) in [6.45, 7) is 4.87. The minimum Gasteiger partial charge on any atom is -0.399 e. The number of carbonyl (C=O) groups excluding carboxylic acids is 1. The summed E-state index contributed by atoms with van der Waals surface area (Å²) < 4.78 is 13.0. The van der Waals surface area contributed by atoms with Crippen LogP contribution in [0.15, 0.2) is 18.2 Å². The van der Waals surface area contributed by atoms with Gasteiger partial charge in [0, 0.05) is 17.8 Å². The maximum absolute atomic E-state index is 13.0. The number of carbonyl (C=O) groups is 1. The van der Waals surface area contributed by atoms with Crippen molar-refractivity contribution in [3.05, 3.63) is 29.6 Å². The highest BCUT2D eigenvalue weighted by atomic mass is 19.1. The van der Waals surface area contributed by atoms with E-state index in [1.165, 1.54) is 18.2 Å². The quantitative estimate of drug-likeness (QED) is 0.612. The van der Waals surface area contributed by atoms with Crippen molar-refractivity contribution in [2.45, 2.75) is 26.7 Å². The Morgan fingerprint density at radius 1 is 1.41 bits per heavy atom. The van der Waals surface area contributed by atoms with E-state index in [4.69, 9.17) is 5.73 Å². The van der Waals surface area contributed by atoms with Crippen LogP contribution in [0.2, 0.25) is 0 Å². The van der Waals surface area contributed by atoms with Crippen LogP contribution in [0.4, 0.5) is 10.1 Å². The first-order valence-corrected chi connectivity index (χ1v) is 5.83. The molecule has 0 aliphatic carbocycles. The van der Waals surface area contributed by atoms with Crippen LogP contribution in [0.5, 0.6) is 0 Å². The number of hydrogen-bond acceptors (Lipinski definition) is 2. The van der Waals surface area contributed by atoms with E-state index >= 15 is 0 Å². The van der Waals surface area contributed by atoms with Gasteiger partial charge in [-0.1, -0.05) is 13.8 Å². The molecule has 0 aliphatic rings. The van der Waals surface area contributed by atoms with Crippen molar-refractivity contribution in [1.29, 1.82) is 0 Å². The zero-order valence-corrected chi connectivity index (χ0v) is 10.3. The Labute approximate surface area is 101 Å². The molecule has 0 saturated heterocycles. The fourth-order valence-corrected chi connectivity index (χ4v) is 1.56. The molecule has 0 unspecified atom stereocenters. The van der Waals surface area contributed by atoms with Gasteiger partial charge in [-0.15, -0.1) is 0 Å². The number of nitrogens with two attached hydrogens (primary N) is 1. The zero-order chi connectivity index (χ0) is 12.8. The highest BCUT2D eigenvalue weighted by Gasteiger charge is 2.07. The molecule has 0 heterocycles. The second-order valence-corrected chi connectivity index (χ2v) is 4.57. The van der Waals surface area contributed by atoms with Gasteiger partial charge >= 0.3 is 0 Å². The van der Waals surface area contributed by atoms with Gasteiger partial charge in [0.2, 0.25) is 0 Å². The van der Waals surface area contributed by atoms with Crippen LogP contribution >= 0.6 is 0 Å². The summed E-state index contributed by atoms with van der Waals surface area (Å²) in [6.07, 6.45) is 1.99. The number of anilines is 1. The van der Waals surface area contributed by atoms with Gasteiger partial charge in [-0.25, -0.2) is 4.39 Å². The summed E-state index contributed by atoms with van der Waals surface area (Å²) in [5.74, 6) is -0.144. The van der Waals surface area contributed by atoms with Crippen LogP contribution in [-0.2, 0) is 0 Å². The van der Waals surface area contributed by atoms with Crippen LogP contribution in [0.25, 0.3) is 0 Å². The summed E-state index contributed by atoms with van der Waals surface area (Å²) in [4.78, 5) is 11.7. The molecule has 1 rings (SSSR count). The second kappa shape index (κ2) is 6.23. The van der Waals surface area contributed by atoms with Gasteiger partial charge in [-0.2, -0.15) is 0 Å². The number of nitrogen functional groups attached to an aromatic ring is 1. The average Bonchev–Trinajstić information content (AvgIpc) is 2.22. The van der Waals surface area contributed by atoms with E-state index in [2.05, 4.69) is 19.2 Å². The fourth-order valence-electron chi connectivity index (χ4n) is 1.56. The van der Waals surface area contributed by atoms with Crippen LogP contribution < -0.4 is 11.1 Å². The Bertz CT molecular complexity index is 371. The third-order valence-corrected chi connectivity index (χ3v) is 2.43. The minimum absolute atomic E-state index is 0.261. The Hall–Kier alpha value is -1.58. The van der Waals surface area contributed by atoms with Crippen molar-refractivity contribution in [3.63, 3.8) is 0 Å². The van der Waals surface area contributed by atoms with E-state index in [0.717, 1.165) is 12.8 Å². The summed E-state index contributed by atoms with van der Waals surface area (Å²) in [7, 11) is 0. The molecular formula is C13H19FN2O. The zero-order valence-electron chi connectivity index (χ0n) is 10.3. The number of halogens is 1. The lowest BCUT2D eigenvalue weighted by Gasteiger charge is -2.07. The Morgan fingerprint density at radius 2 is 2.12 bits per heavy atom. The Morgan fingerprint density at radius 3 is 2.71 bits per heavy atom. The highest BCUT2D eigenvalue weighted by molar-refractivity contribution is 5.95. The van der Waals surface area contributed by atoms with Gasteiger partial charge in [0.25, 0.3) is 5.91 Å². The van der Waals surface area contributed by atoms with Gasteiger partial charge in [0.1, 0.15) is 5.82 Å². The van der Waals surface area contributed by atoms with Crippen molar-refractivity contribution in [3.8, 4) is 0 Å². The second-order valence-electron chi connectivity index (χ2n) is 4.57. The third-order valence-electron chi connectivity index (χ3n) is 2.43. The van der Waals surface area contributed by atoms with Gasteiger partial charge in [0.05, 0.1) is 0 Å². The maximum atomic E-state index is 13.0. The molecule has 0 spiro atoms. The molecule has 3 N–H and O–H groups in total. The van der Waals surface area contributed by atoms with Gasteiger partial charge in [-0.05, 0) is 37.0 Å². The van der Waals surface area contributed by atoms with Crippen LogP contribution in [0.1, 0.15) is 37.0 Å². The predicted molar refractivity (Wildman–Crippen MR) is 67.2 cm³/mol. The van der Waals surface area contributed by atoms with E-state index < -0.39 is 5.82 Å². The van der Waals surface area contributed by atoms with Gasteiger partial charge in [0.15, 0.2) is 0 Å². The lowest BCUT2D eigenvalue weighted by molar-refractivity contribution is 0.0952. The molecule has 0 radical (unpaired) electrons. The van der Waals surface area contributed by atoms with Gasteiger partial charge in [-0.3, -0.25) is 4.79 Å². The number of hydrogen-bond donors (Lipinski definition) is 2. The maximum Gasteiger partial charge on any atom is 0.251 e. The highest BCUT2D eigenvalue weighted by Crippen LogP contribution is 2.10. The lowest BCUT2D eigenvalue weighted by atomic mass is 10.1. The summed E-state index contributed by atoms with van der Waals surface area (Å²) in [5, 5.41) is 2.75. The van der Waals surface area contributed by atoms with Crippen molar-refractivity contribution in [1.82, 2.24) is 5.32 Å². The number of amides is 1. The van der Waals surface area contributed by atoms with E-state index in [-0.39, 0.29) is 17.2 Å². The topological polar surface area (TPSA) is 55.1 Å². The fraction of sp³-hybridized carbons (Fsp3) is 0.462. The molecule has 0 aromatic heterocycles. The first-order chi connectivity index (χ1) is 7.99. The van der Waals surface area contributed by atoms with E-state index in [1.807, 2.05) is 0 Å². The van der Waals surface area contributed by atoms with Crippen LogP contribution in [0, 0.1) is 11.7 Å². The molecule has 1 aromatic rings. The average molecular weight is 238 g/mol. The molecule has 0 atom stereocenters. The molecule has 1 amide bonds. The van der Waals surface area contributed by atoms with E-state index in [9.17, 15) is 9.18 Å². The standard InChI is InChI=1S/C13H19FN2O/c1-9(2)4-3-5-16-13(17)10-6-11(14)8-12(15)7-10/h6-9H,3-5,15H2,1-2H3,(H,16,17). The molecule has 94 valence electrons. The monoisotopic (exact) mass is 238 g/mol. The van der Waals surface area contributed by atoms with E-state index in [1.54, 1.807) is 0 Å². The molecular weight excluding hydrogens is 219 g/mol. The van der Waals surface area contributed by atoms with E-state index in [0.29, 0.717) is 12.5 Å². The molecule has 0 saturated carbocycles. The summed E-state index contributed by atoms with van der Waals surface area (Å²) in [6, 6.07) is 3.85. The van der Waals surface area contributed by atoms with Crippen molar-refractivity contribution in [2.75, 3.05) is 12.3 Å². The molecule has 0 bridgehead atoms. The predicted octanol–water partition coefficient (Wildman–Crippen LogP) is 2.57. The molecule has 1 aromatic carbocycles. The Kier molecular flexibility index (Phi) is 4.94. The summed E-state index contributed by atoms with van der Waals surface area (Å²) in [5.41, 5.74) is 6.00.